The van der Waals surface area contributed by atoms with E-state index in [-0.39, 0.29) is 6.04 Å². The molecule has 6 aromatic rings. The molecule has 0 spiro atoms. The summed E-state index contributed by atoms with van der Waals surface area (Å²) in [5.41, 5.74) is 11.2. The van der Waals surface area contributed by atoms with E-state index in [0.717, 1.165) is 17.7 Å². The van der Waals surface area contributed by atoms with Gasteiger partial charge in [0, 0.05) is 6.20 Å². The van der Waals surface area contributed by atoms with Crippen molar-refractivity contribution in [3.05, 3.63) is 162 Å². The van der Waals surface area contributed by atoms with Crippen LogP contribution in [0.4, 0.5) is 0 Å². The predicted molar refractivity (Wildman–Crippen MR) is 181 cm³/mol. The van der Waals surface area contributed by atoms with Gasteiger partial charge in [0.15, 0.2) is 0 Å². The van der Waals surface area contributed by atoms with Crippen LogP contribution in [0.1, 0.15) is 35.3 Å². The molecule has 0 fully saturated rings. The number of nitrogens with one attached hydrogen (secondary N) is 1. The molecule has 0 bridgehead atoms. The summed E-state index contributed by atoms with van der Waals surface area (Å²) in [6, 6.07) is 40.0. The maximum atomic E-state index is 4.57. The molecule has 1 aromatic heterocycles. The van der Waals surface area contributed by atoms with Gasteiger partial charge in [0.25, 0.3) is 0 Å². The van der Waals surface area contributed by atoms with Crippen molar-refractivity contribution in [1.82, 2.24) is 10.3 Å². The van der Waals surface area contributed by atoms with E-state index in [9.17, 15) is 0 Å². The molecule has 8 rings (SSSR count). The lowest BCUT2D eigenvalue weighted by molar-refractivity contribution is 0.717. The fourth-order valence-corrected chi connectivity index (χ4v) is 6.84. The Morgan fingerprint density at radius 1 is 0.674 bits per heavy atom. The molecule has 5 aromatic carbocycles. The second-order valence-electron chi connectivity index (χ2n) is 11.7. The number of hydrogen-bond acceptors (Lipinski definition) is 2. The molecule has 2 unspecified atom stereocenters. The summed E-state index contributed by atoms with van der Waals surface area (Å²) in [7, 11) is 0. The van der Waals surface area contributed by atoms with Crippen LogP contribution in [-0.4, -0.2) is 4.98 Å². The number of dihydropyridines is 1. The van der Waals surface area contributed by atoms with Crippen molar-refractivity contribution in [3.8, 4) is 22.3 Å². The van der Waals surface area contributed by atoms with E-state index >= 15 is 0 Å². The van der Waals surface area contributed by atoms with E-state index in [1.165, 1.54) is 60.5 Å². The second kappa shape index (κ2) is 10.6. The van der Waals surface area contributed by atoms with Crippen LogP contribution in [0.2, 0.25) is 0 Å². The number of fused-ring (bicyclic) bond motifs is 3. The van der Waals surface area contributed by atoms with Gasteiger partial charge in [-0.2, -0.15) is 0 Å². The van der Waals surface area contributed by atoms with Crippen LogP contribution in [0.25, 0.3) is 55.4 Å². The minimum absolute atomic E-state index is 0.0608. The van der Waals surface area contributed by atoms with Crippen molar-refractivity contribution in [2.24, 2.45) is 5.92 Å². The molecule has 1 aliphatic heterocycles. The molecule has 1 N–H and O–H groups in total. The van der Waals surface area contributed by atoms with Crippen LogP contribution < -0.4 is 5.32 Å². The fourth-order valence-electron chi connectivity index (χ4n) is 6.84. The first-order valence-electron chi connectivity index (χ1n) is 15.1. The molecule has 0 saturated heterocycles. The lowest BCUT2D eigenvalue weighted by Gasteiger charge is -2.22. The Bertz CT molecular complexity index is 2040. The molecule has 1 aliphatic carbocycles. The van der Waals surface area contributed by atoms with Crippen LogP contribution in [0.3, 0.4) is 0 Å². The Morgan fingerprint density at radius 3 is 2.07 bits per heavy atom. The highest BCUT2D eigenvalue weighted by molar-refractivity contribution is 6.21. The maximum absolute atomic E-state index is 4.57. The largest absolute Gasteiger partial charge is 0.381 e. The highest BCUT2D eigenvalue weighted by Crippen LogP contribution is 2.44. The first-order chi connectivity index (χ1) is 21.2. The summed E-state index contributed by atoms with van der Waals surface area (Å²) < 4.78 is 0. The number of nitrogens with zero attached hydrogens (tertiary/aromatic N) is 1. The van der Waals surface area contributed by atoms with Crippen molar-refractivity contribution in [1.29, 1.82) is 0 Å². The molecule has 43 heavy (non-hydrogen) atoms. The van der Waals surface area contributed by atoms with Crippen molar-refractivity contribution < 1.29 is 0 Å². The predicted octanol–water partition coefficient (Wildman–Crippen LogP) is 10.2. The van der Waals surface area contributed by atoms with Gasteiger partial charge >= 0.3 is 0 Å². The van der Waals surface area contributed by atoms with Crippen LogP contribution in [0, 0.1) is 5.92 Å². The van der Waals surface area contributed by atoms with Gasteiger partial charge in [0.2, 0.25) is 0 Å². The molecule has 206 valence electrons. The van der Waals surface area contributed by atoms with Gasteiger partial charge in [0.1, 0.15) is 0 Å². The molecular weight excluding hydrogens is 520 g/mol. The summed E-state index contributed by atoms with van der Waals surface area (Å²) in [4.78, 5) is 4.57. The second-order valence-corrected chi connectivity index (χ2v) is 11.7. The van der Waals surface area contributed by atoms with Gasteiger partial charge in [0.05, 0.1) is 11.7 Å². The van der Waals surface area contributed by atoms with Crippen molar-refractivity contribution in [3.63, 3.8) is 0 Å². The summed E-state index contributed by atoms with van der Waals surface area (Å²) in [6.45, 7) is 2.30. The molecule has 0 radical (unpaired) electrons. The van der Waals surface area contributed by atoms with Crippen LogP contribution in [0.15, 0.2) is 140 Å². The van der Waals surface area contributed by atoms with Crippen molar-refractivity contribution in [2.45, 2.75) is 19.4 Å². The standard InChI is InChI=1S/C41H32N2/c1-27-16-17-28-18-19-32(25-33(28)23-27)41-36-13-4-2-11-34(36)40(35-12-3-5-14-37(35)41)31-10-8-9-29(24-31)39-26-30(20-22-43-39)38-15-6-7-21-42-38/h2-22,24-27,39,43H,23H2,1H3. The average molecular weight is 553 g/mol. The average Bonchev–Trinajstić information content (AvgIpc) is 3.07. The summed E-state index contributed by atoms with van der Waals surface area (Å²) in [5.74, 6) is 0.565. The Balaban J connectivity index is 1.30. The zero-order valence-electron chi connectivity index (χ0n) is 24.2. The van der Waals surface area contributed by atoms with Crippen LogP contribution >= 0.6 is 0 Å². The molecule has 2 heterocycles. The van der Waals surface area contributed by atoms with Gasteiger partial charge in [-0.15, -0.1) is 0 Å². The number of aromatic nitrogens is 1. The highest BCUT2D eigenvalue weighted by atomic mass is 14.9. The normalized spacial score (nSPS) is 17.5. The zero-order valence-corrected chi connectivity index (χ0v) is 24.2. The lowest BCUT2D eigenvalue weighted by atomic mass is 9.83. The summed E-state index contributed by atoms with van der Waals surface area (Å²) >= 11 is 0. The monoisotopic (exact) mass is 552 g/mol. The molecule has 0 amide bonds. The smallest absolute Gasteiger partial charge is 0.0702 e. The van der Waals surface area contributed by atoms with Gasteiger partial charge in [-0.3, -0.25) is 4.98 Å². The molecule has 2 atom stereocenters. The van der Waals surface area contributed by atoms with Gasteiger partial charge in [-0.25, -0.2) is 0 Å². The topological polar surface area (TPSA) is 24.9 Å². The van der Waals surface area contributed by atoms with E-state index in [0.29, 0.717) is 5.92 Å². The summed E-state index contributed by atoms with van der Waals surface area (Å²) in [6.07, 6.45) is 13.9. The number of allylic oxidation sites excluding steroid dienone is 3. The Morgan fingerprint density at radius 2 is 1.37 bits per heavy atom. The zero-order chi connectivity index (χ0) is 28.8. The number of hydrogen-bond donors (Lipinski definition) is 1. The van der Waals surface area contributed by atoms with E-state index in [1.54, 1.807) is 0 Å². The third kappa shape index (κ3) is 4.56. The van der Waals surface area contributed by atoms with Crippen molar-refractivity contribution in [2.75, 3.05) is 0 Å². The first kappa shape index (κ1) is 25.5. The Kier molecular flexibility index (Phi) is 6.26. The minimum Gasteiger partial charge on any atom is -0.381 e. The van der Waals surface area contributed by atoms with Gasteiger partial charge in [-0.1, -0.05) is 110 Å². The van der Waals surface area contributed by atoms with Crippen molar-refractivity contribution >= 4 is 33.2 Å². The maximum Gasteiger partial charge on any atom is 0.0702 e. The lowest BCUT2D eigenvalue weighted by Crippen LogP contribution is -2.16. The Labute approximate surface area is 252 Å². The SMILES string of the molecule is CC1C=Cc2ccc(-c3c4ccccc4c(-c4cccc(C5C=C(c6ccccn6)C=CN5)c4)c4ccccc34)cc2C1. The van der Waals surface area contributed by atoms with Crippen LogP contribution in [0.5, 0.6) is 0 Å². The first-order valence-corrected chi connectivity index (χ1v) is 15.1. The highest BCUT2D eigenvalue weighted by Gasteiger charge is 2.20. The van der Waals surface area contributed by atoms with E-state index < -0.39 is 0 Å². The fraction of sp³-hybridized carbons (Fsp3) is 0.0976. The van der Waals surface area contributed by atoms with Gasteiger partial charge < -0.3 is 5.32 Å². The third-order valence-electron chi connectivity index (χ3n) is 8.89. The van der Waals surface area contributed by atoms with E-state index in [1.807, 2.05) is 24.5 Å². The molecular formula is C41H32N2. The molecule has 0 saturated carbocycles. The van der Waals surface area contributed by atoms with E-state index in [4.69, 9.17) is 0 Å². The van der Waals surface area contributed by atoms with Crippen LogP contribution in [-0.2, 0) is 6.42 Å². The molecule has 2 heteroatoms. The van der Waals surface area contributed by atoms with Gasteiger partial charge in [-0.05, 0) is 115 Å². The Hall–Kier alpha value is -5.21. The number of rotatable bonds is 4. The minimum atomic E-state index is 0.0608. The third-order valence-corrected chi connectivity index (χ3v) is 8.89. The molecule has 2 aliphatic rings. The molecule has 2 nitrogen and oxygen atoms in total. The quantitative estimate of drug-likeness (QED) is 0.220. The van der Waals surface area contributed by atoms with E-state index in [2.05, 4.69) is 139 Å². The summed E-state index contributed by atoms with van der Waals surface area (Å²) in [5, 5.41) is 8.69. The number of pyridine rings is 1. The number of benzene rings is 5.